The number of benzene rings is 1. The van der Waals surface area contributed by atoms with E-state index in [0.29, 0.717) is 29.6 Å². The van der Waals surface area contributed by atoms with Gasteiger partial charge in [0.2, 0.25) is 0 Å². The molecule has 1 aliphatic heterocycles. The van der Waals surface area contributed by atoms with Gasteiger partial charge in [0.1, 0.15) is 11.4 Å². The number of methoxy groups -OCH3 is 1. The summed E-state index contributed by atoms with van der Waals surface area (Å²) in [5, 5.41) is 7.73. The minimum absolute atomic E-state index is 0.0791. The number of nitrogens with zero attached hydrogens (tertiary/aromatic N) is 5. The number of rotatable bonds is 3. The van der Waals surface area contributed by atoms with Crippen molar-refractivity contribution in [2.45, 2.75) is 32.2 Å². The van der Waals surface area contributed by atoms with Gasteiger partial charge in [-0.2, -0.15) is 13.2 Å². The van der Waals surface area contributed by atoms with E-state index in [9.17, 15) is 18.0 Å². The highest BCUT2D eigenvalue weighted by molar-refractivity contribution is 6.34. The monoisotopic (exact) mass is 451 g/mol. The number of carbonyl (C=O) groups is 1. The molecule has 0 aliphatic carbocycles. The average molecular weight is 452 g/mol. The highest BCUT2D eigenvalue weighted by atomic mass is 35.5. The molecule has 7 nitrogen and oxygen atoms in total. The van der Waals surface area contributed by atoms with Crippen molar-refractivity contribution in [3.63, 3.8) is 0 Å². The highest BCUT2D eigenvalue weighted by Crippen LogP contribution is 2.37. The van der Waals surface area contributed by atoms with Crippen molar-refractivity contribution in [2.24, 2.45) is 0 Å². The molecule has 0 bridgehead atoms. The second-order valence-electron chi connectivity index (χ2n) is 7.08. The number of hydrogen-bond acceptors (Lipinski definition) is 5. The van der Waals surface area contributed by atoms with E-state index in [1.165, 1.54) is 17.0 Å². The number of halogens is 4. The summed E-state index contributed by atoms with van der Waals surface area (Å²) in [5.41, 5.74) is -0.651. The van der Waals surface area contributed by atoms with Crippen LogP contribution in [0.2, 0.25) is 5.02 Å². The van der Waals surface area contributed by atoms with Gasteiger partial charge in [-0.1, -0.05) is 17.7 Å². The summed E-state index contributed by atoms with van der Waals surface area (Å²) in [6.45, 7) is 2.23. The SMILES string of the molecule is COc1ccc(-c2nnc3n2CC(C)N(C(=O)c2cccc(C(F)(F)F)c2Cl)C3)nc1. The fraction of sp³-hybridized carbons (Fsp3) is 0.300. The van der Waals surface area contributed by atoms with Crippen LogP contribution in [0, 0.1) is 0 Å². The summed E-state index contributed by atoms with van der Waals surface area (Å²) in [5.74, 6) is 1.04. The van der Waals surface area contributed by atoms with Crippen LogP contribution in [-0.4, -0.2) is 43.7 Å². The molecule has 31 heavy (non-hydrogen) atoms. The lowest BCUT2D eigenvalue weighted by Gasteiger charge is -2.34. The summed E-state index contributed by atoms with van der Waals surface area (Å²) >= 11 is 5.95. The number of fused-ring (bicyclic) bond motifs is 1. The third-order valence-electron chi connectivity index (χ3n) is 5.11. The van der Waals surface area contributed by atoms with E-state index < -0.39 is 22.7 Å². The molecule has 0 radical (unpaired) electrons. The van der Waals surface area contributed by atoms with Crippen LogP contribution < -0.4 is 4.74 Å². The van der Waals surface area contributed by atoms with Crippen LogP contribution in [-0.2, 0) is 19.3 Å². The molecule has 1 aromatic carbocycles. The molecule has 0 spiro atoms. The molecule has 1 aliphatic rings. The Hall–Kier alpha value is -3.14. The standard InChI is InChI=1S/C20H17ClF3N5O2/c1-11-9-29-16(26-27-18(29)15-7-6-12(31-2)8-25-15)10-28(11)19(30)13-4-3-5-14(17(13)21)20(22,23)24/h3-8,11H,9-10H2,1-2H3. The molecule has 0 fully saturated rings. The van der Waals surface area contributed by atoms with Crippen LogP contribution in [0.3, 0.4) is 0 Å². The molecule has 0 saturated heterocycles. The minimum Gasteiger partial charge on any atom is -0.495 e. The molecule has 11 heteroatoms. The summed E-state index contributed by atoms with van der Waals surface area (Å²) in [4.78, 5) is 18.8. The van der Waals surface area contributed by atoms with Crippen LogP contribution in [0.4, 0.5) is 13.2 Å². The maximum absolute atomic E-state index is 13.2. The molecule has 1 amide bonds. The molecule has 4 rings (SSSR count). The predicted octanol–water partition coefficient (Wildman–Crippen LogP) is 4.07. The number of aromatic nitrogens is 4. The smallest absolute Gasteiger partial charge is 0.417 e. The summed E-state index contributed by atoms with van der Waals surface area (Å²) in [6.07, 6.45) is -3.09. The molecule has 3 aromatic rings. The molecule has 1 unspecified atom stereocenters. The van der Waals surface area contributed by atoms with Gasteiger partial charge >= 0.3 is 6.18 Å². The second-order valence-corrected chi connectivity index (χ2v) is 7.46. The van der Waals surface area contributed by atoms with Gasteiger partial charge in [-0.25, -0.2) is 4.98 Å². The molecular formula is C20H17ClF3N5O2. The maximum atomic E-state index is 13.2. The summed E-state index contributed by atoms with van der Waals surface area (Å²) < 4.78 is 46.5. The number of ether oxygens (including phenoxy) is 1. The third kappa shape index (κ3) is 3.83. The summed E-state index contributed by atoms with van der Waals surface area (Å²) in [7, 11) is 1.54. The molecule has 1 atom stereocenters. The van der Waals surface area contributed by atoms with Crippen molar-refractivity contribution in [2.75, 3.05) is 7.11 Å². The first-order valence-corrected chi connectivity index (χ1v) is 9.67. The van der Waals surface area contributed by atoms with Crippen molar-refractivity contribution < 1.29 is 22.7 Å². The highest BCUT2D eigenvalue weighted by Gasteiger charge is 2.37. The number of carbonyl (C=O) groups excluding carboxylic acids is 1. The maximum Gasteiger partial charge on any atom is 0.417 e. The van der Waals surface area contributed by atoms with E-state index in [4.69, 9.17) is 16.3 Å². The first-order chi connectivity index (χ1) is 14.7. The van der Waals surface area contributed by atoms with E-state index in [1.54, 1.807) is 32.4 Å². The van der Waals surface area contributed by atoms with Crippen molar-refractivity contribution >= 4 is 17.5 Å². The largest absolute Gasteiger partial charge is 0.495 e. The fourth-order valence-electron chi connectivity index (χ4n) is 3.48. The van der Waals surface area contributed by atoms with E-state index in [0.717, 1.165) is 6.07 Å². The van der Waals surface area contributed by atoms with E-state index in [-0.39, 0.29) is 18.2 Å². The van der Waals surface area contributed by atoms with E-state index >= 15 is 0 Å². The number of pyridine rings is 1. The lowest BCUT2D eigenvalue weighted by molar-refractivity contribution is -0.137. The van der Waals surface area contributed by atoms with Crippen molar-refractivity contribution in [1.29, 1.82) is 0 Å². The van der Waals surface area contributed by atoms with Crippen LogP contribution in [0.5, 0.6) is 5.75 Å². The Bertz CT molecular complexity index is 1130. The zero-order chi connectivity index (χ0) is 22.3. The van der Waals surface area contributed by atoms with E-state index in [2.05, 4.69) is 15.2 Å². The first kappa shape index (κ1) is 21.1. The molecule has 0 N–H and O–H groups in total. The van der Waals surface area contributed by atoms with Crippen molar-refractivity contribution in [3.05, 3.63) is 58.5 Å². The molecule has 2 aromatic heterocycles. The van der Waals surface area contributed by atoms with Gasteiger partial charge in [0, 0.05) is 12.6 Å². The fourth-order valence-corrected chi connectivity index (χ4v) is 3.79. The van der Waals surface area contributed by atoms with Crippen molar-refractivity contribution in [3.8, 4) is 17.3 Å². The van der Waals surface area contributed by atoms with Crippen LogP contribution in [0.15, 0.2) is 36.5 Å². The Morgan fingerprint density at radius 1 is 1.23 bits per heavy atom. The lowest BCUT2D eigenvalue weighted by atomic mass is 10.1. The Morgan fingerprint density at radius 3 is 2.65 bits per heavy atom. The number of alkyl halides is 3. The summed E-state index contributed by atoms with van der Waals surface area (Å²) in [6, 6.07) is 6.48. The quantitative estimate of drug-likeness (QED) is 0.600. The Labute approximate surface area is 180 Å². The number of amides is 1. The topological polar surface area (TPSA) is 73.1 Å². The molecular weight excluding hydrogens is 435 g/mol. The Morgan fingerprint density at radius 2 is 2.00 bits per heavy atom. The van der Waals surface area contributed by atoms with Crippen LogP contribution in [0.1, 0.15) is 28.7 Å². The lowest BCUT2D eigenvalue weighted by Crippen LogP contribution is -2.45. The Kier molecular flexibility index (Phi) is 5.34. The van der Waals surface area contributed by atoms with E-state index in [1.807, 2.05) is 4.57 Å². The van der Waals surface area contributed by atoms with Gasteiger partial charge in [0.15, 0.2) is 11.6 Å². The predicted molar refractivity (Wildman–Crippen MR) is 106 cm³/mol. The zero-order valence-corrected chi connectivity index (χ0v) is 17.3. The minimum atomic E-state index is -4.65. The van der Waals surface area contributed by atoms with Gasteiger partial charge in [0.25, 0.3) is 5.91 Å². The third-order valence-corrected chi connectivity index (χ3v) is 5.52. The Balaban J connectivity index is 1.63. The zero-order valence-electron chi connectivity index (χ0n) is 16.5. The van der Waals surface area contributed by atoms with Crippen LogP contribution >= 0.6 is 11.6 Å². The van der Waals surface area contributed by atoms with Gasteiger partial charge in [-0.15, -0.1) is 10.2 Å². The van der Waals surface area contributed by atoms with Gasteiger partial charge in [0.05, 0.1) is 36.0 Å². The molecule has 3 heterocycles. The normalized spacial score (nSPS) is 16.2. The first-order valence-electron chi connectivity index (χ1n) is 9.30. The van der Waals surface area contributed by atoms with Crippen LogP contribution in [0.25, 0.3) is 11.5 Å². The van der Waals surface area contributed by atoms with Gasteiger partial charge < -0.3 is 14.2 Å². The second kappa shape index (κ2) is 7.84. The average Bonchev–Trinajstić information content (AvgIpc) is 3.14. The van der Waals surface area contributed by atoms with Gasteiger partial charge in [-0.3, -0.25) is 4.79 Å². The number of hydrogen-bond donors (Lipinski definition) is 0. The molecule has 162 valence electrons. The van der Waals surface area contributed by atoms with Crippen molar-refractivity contribution in [1.82, 2.24) is 24.6 Å². The van der Waals surface area contributed by atoms with Gasteiger partial charge in [-0.05, 0) is 31.2 Å². The molecule has 0 saturated carbocycles.